The van der Waals surface area contributed by atoms with Crippen LogP contribution < -0.4 is 10.6 Å². The molecule has 2 N–H and O–H groups in total. The molecule has 0 fully saturated rings. The van der Waals surface area contributed by atoms with Crippen LogP contribution in [0.3, 0.4) is 0 Å². The maximum absolute atomic E-state index is 12.7. The van der Waals surface area contributed by atoms with E-state index in [9.17, 15) is 14.4 Å². The summed E-state index contributed by atoms with van der Waals surface area (Å²) in [6, 6.07) is 27.3. The smallest absolute Gasteiger partial charge is 0.324 e. The van der Waals surface area contributed by atoms with Gasteiger partial charge in [0.15, 0.2) is 6.61 Å². The number of thioether (sulfide) groups is 1. The predicted molar refractivity (Wildman–Crippen MR) is 119 cm³/mol. The van der Waals surface area contributed by atoms with Crippen molar-refractivity contribution < 1.29 is 19.1 Å². The quantitative estimate of drug-likeness (QED) is 0.412. The lowest BCUT2D eigenvalue weighted by Crippen LogP contribution is -2.41. The summed E-state index contributed by atoms with van der Waals surface area (Å²) in [6.45, 7) is -0.264. The van der Waals surface area contributed by atoms with Crippen LogP contribution in [-0.2, 0) is 20.9 Å². The minimum Gasteiger partial charge on any atom is -0.454 e. The van der Waals surface area contributed by atoms with Gasteiger partial charge < -0.3 is 10.1 Å². The Hall–Kier alpha value is -3.58. The highest BCUT2D eigenvalue weighted by atomic mass is 32.2. The number of amides is 3. The molecule has 0 saturated carbocycles. The lowest BCUT2D eigenvalue weighted by atomic mass is 10.1. The second-order valence-corrected chi connectivity index (χ2v) is 7.72. The third-order valence-electron chi connectivity index (χ3n) is 4.21. The number of benzene rings is 3. The molecule has 1 atom stereocenters. The first-order valence-corrected chi connectivity index (χ1v) is 10.5. The first kappa shape index (κ1) is 22.1. The molecule has 0 saturated heterocycles. The Morgan fingerprint density at radius 2 is 1.39 bits per heavy atom. The van der Waals surface area contributed by atoms with E-state index in [1.54, 1.807) is 0 Å². The van der Waals surface area contributed by atoms with Gasteiger partial charge in [-0.2, -0.15) is 0 Å². The molecule has 6 nitrogen and oxygen atoms in total. The van der Waals surface area contributed by atoms with Gasteiger partial charge in [0.25, 0.3) is 5.91 Å². The molecule has 0 spiro atoms. The van der Waals surface area contributed by atoms with Crippen LogP contribution in [0.4, 0.5) is 4.79 Å². The van der Waals surface area contributed by atoms with Crippen molar-refractivity contribution in [2.75, 3.05) is 6.61 Å². The van der Waals surface area contributed by atoms with Crippen molar-refractivity contribution in [3.05, 3.63) is 102 Å². The van der Waals surface area contributed by atoms with Crippen LogP contribution in [0.2, 0.25) is 0 Å². The van der Waals surface area contributed by atoms with Crippen molar-refractivity contribution in [3.8, 4) is 0 Å². The van der Waals surface area contributed by atoms with E-state index in [4.69, 9.17) is 4.74 Å². The molecule has 1 unspecified atom stereocenters. The molecule has 3 amide bonds. The Balaban J connectivity index is 1.52. The van der Waals surface area contributed by atoms with Crippen LogP contribution in [0.5, 0.6) is 0 Å². The maximum Gasteiger partial charge on any atom is 0.324 e. The highest BCUT2D eigenvalue weighted by Gasteiger charge is 2.24. The van der Waals surface area contributed by atoms with Gasteiger partial charge in [-0.05, 0) is 23.3 Å². The second-order valence-electron chi connectivity index (χ2n) is 6.55. The fraction of sp³-hybridized carbons (Fsp3) is 0.125. The maximum atomic E-state index is 12.7. The molecule has 3 aromatic carbocycles. The summed E-state index contributed by atoms with van der Waals surface area (Å²) in [5.74, 6) is -1.25. The number of urea groups is 1. The van der Waals surface area contributed by atoms with E-state index < -0.39 is 29.8 Å². The molecule has 0 aliphatic rings. The molecule has 0 aliphatic heterocycles. The van der Waals surface area contributed by atoms with Crippen LogP contribution in [0.1, 0.15) is 16.4 Å². The van der Waals surface area contributed by atoms with Crippen LogP contribution in [0, 0.1) is 0 Å². The molecule has 158 valence electrons. The van der Waals surface area contributed by atoms with Crippen LogP contribution in [0.25, 0.3) is 0 Å². The average Bonchev–Trinajstić information content (AvgIpc) is 2.81. The summed E-state index contributed by atoms with van der Waals surface area (Å²) in [6.07, 6.45) is 0. The number of hydrogen-bond donors (Lipinski definition) is 2. The zero-order valence-electron chi connectivity index (χ0n) is 16.7. The summed E-state index contributed by atoms with van der Waals surface area (Å²) in [5, 5.41) is 4.11. The number of carbonyl (C=O) groups is 3. The summed E-state index contributed by atoms with van der Waals surface area (Å²) in [4.78, 5) is 37.5. The third kappa shape index (κ3) is 7.31. The highest BCUT2D eigenvalue weighted by molar-refractivity contribution is 8.00. The number of nitrogens with one attached hydrogen (secondary N) is 2. The minimum atomic E-state index is -0.699. The van der Waals surface area contributed by atoms with E-state index in [-0.39, 0.29) is 6.54 Å². The fourth-order valence-electron chi connectivity index (χ4n) is 2.71. The van der Waals surface area contributed by atoms with Crippen LogP contribution >= 0.6 is 11.8 Å². The van der Waals surface area contributed by atoms with E-state index in [0.29, 0.717) is 0 Å². The van der Waals surface area contributed by atoms with Gasteiger partial charge in [-0.1, -0.05) is 78.9 Å². The van der Waals surface area contributed by atoms with Gasteiger partial charge in [-0.15, -0.1) is 11.8 Å². The predicted octanol–water partition coefficient (Wildman–Crippen LogP) is 4.09. The van der Waals surface area contributed by atoms with Crippen LogP contribution in [-0.4, -0.2) is 24.5 Å². The lowest BCUT2D eigenvalue weighted by Gasteiger charge is -2.16. The normalized spacial score (nSPS) is 11.2. The number of rotatable bonds is 8. The molecular formula is C24H22N2O4S. The summed E-state index contributed by atoms with van der Waals surface area (Å²) in [5.41, 5.74) is 1.67. The molecule has 31 heavy (non-hydrogen) atoms. The van der Waals surface area contributed by atoms with E-state index in [2.05, 4.69) is 10.6 Å². The van der Waals surface area contributed by atoms with E-state index in [0.717, 1.165) is 16.0 Å². The van der Waals surface area contributed by atoms with Crippen molar-refractivity contribution in [3.63, 3.8) is 0 Å². The molecule has 0 radical (unpaired) electrons. The Morgan fingerprint density at radius 3 is 2.03 bits per heavy atom. The summed E-state index contributed by atoms with van der Waals surface area (Å²) in [7, 11) is 0. The molecular weight excluding hydrogens is 412 g/mol. The van der Waals surface area contributed by atoms with Gasteiger partial charge >= 0.3 is 12.0 Å². The van der Waals surface area contributed by atoms with Crippen molar-refractivity contribution in [2.24, 2.45) is 0 Å². The van der Waals surface area contributed by atoms with Crippen molar-refractivity contribution in [1.82, 2.24) is 10.6 Å². The molecule has 7 heteroatoms. The zero-order chi connectivity index (χ0) is 21.9. The van der Waals surface area contributed by atoms with E-state index >= 15 is 0 Å². The Kier molecular flexibility index (Phi) is 8.25. The standard InChI is InChI=1S/C24H22N2O4S/c27-21(26-24(29)25-16-18-10-4-1-5-11-18)17-30-23(28)22(19-12-6-2-7-13-19)31-20-14-8-3-9-15-20/h1-15,22H,16-17H2,(H2,25,26,27,29). The van der Waals surface area contributed by atoms with E-state index in [1.807, 2.05) is 91.0 Å². The molecule has 0 aromatic heterocycles. The summed E-state index contributed by atoms with van der Waals surface area (Å²) < 4.78 is 5.20. The van der Waals surface area contributed by atoms with Gasteiger partial charge in [-0.25, -0.2) is 4.79 Å². The van der Waals surface area contributed by atoms with Gasteiger partial charge in [0.05, 0.1) is 0 Å². The summed E-state index contributed by atoms with van der Waals surface area (Å²) >= 11 is 1.34. The third-order valence-corrected chi connectivity index (χ3v) is 5.45. The Bertz CT molecular complexity index is 998. The number of ether oxygens (including phenoxy) is 1. The van der Waals surface area contributed by atoms with Crippen molar-refractivity contribution >= 4 is 29.7 Å². The van der Waals surface area contributed by atoms with Crippen molar-refractivity contribution in [2.45, 2.75) is 16.7 Å². The number of carbonyl (C=O) groups excluding carboxylic acids is 3. The topological polar surface area (TPSA) is 84.5 Å². The minimum absolute atomic E-state index is 0.281. The number of imide groups is 1. The van der Waals surface area contributed by atoms with Gasteiger partial charge in [-0.3, -0.25) is 14.9 Å². The van der Waals surface area contributed by atoms with Gasteiger partial charge in [0.1, 0.15) is 5.25 Å². The van der Waals surface area contributed by atoms with E-state index in [1.165, 1.54) is 11.8 Å². The molecule has 3 rings (SSSR count). The van der Waals surface area contributed by atoms with Crippen molar-refractivity contribution in [1.29, 1.82) is 0 Å². The highest BCUT2D eigenvalue weighted by Crippen LogP contribution is 2.36. The van der Waals surface area contributed by atoms with Gasteiger partial charge in [0, 0.05) is 11.4 Å². The Morgan fingerprint density at radius 1 is 0.806 bits per heavy atom. The number of hydrogen-bond acceptors (Lipinski definition) is 5. The second kappa shape index (κ2) is 11.6. The molecule has 0 aliphatic carbocycles. The Labute approximate surface area is 185 Å². The first-order valence-electron chi connectivity index (χ1n) is 9.67. The monoisotopic (exact) mass is 434 g/mol. The fourth-order valence-corrected chi connectivity index (χ4v) is 3.76. The van der Waals surface area contributed by atoms with Crippen LogP contribution in [0.15, 0.2) is 95.9 Å². The lowest BCUT2D eigenvalue weighted by molar-refractivity contribution is -0.147. The molecule has 3 aromatic rings. The molecule has 0 heterocycles. The zero-order valence-corrected chi connectivity index (χ0v) is 17.5. The van der Waals surface area contributed by atoms with Gasteiger partial charge in [0.2, 0.25) is 0 Å². The number of esters is 1. The SMILES string of the molecule is O=C(COC(=O)C(Sc1ccccc1)c1ccccc1)NC(=O)NCc1ccccc1. The first-order chi connectivity index (χ1) is 15.1. The molecule has 0 bridgehead atoms. The average molecular weight is 435 g/mol. The largest absolute Gasteiger partial charge is 0.454 e.